The predicted octanol–water partition coefficient (Wildman–Crippen LogP) is 1.53. The Labute approximate surface area is 129 Å². The predicted molar refractivity (Wildman–Crippen MR) is 84.3 cm³/mol. The molecule has 1 rings (SSSR count). The number of hydrogen-bond donors (Lipinski definition) is 2. The molecule has 20 heavy (non-hydrogen) atoms. The average Bonchev–Trinajstić information content (AvgIpc) is 2.78. The summed E-state index contributed by atoms with van der Waals surface area (Å²) in [5.41, 5.74) is 3.94. The van der Waals surface area contributed by atoms with Crippen LogP contribution < -0.4 is 11.3 Å². The summed E-state index contributed by atoms with van der Waals surface area (Å²) >= 11 is 3.55. The molecule has 6 nitrogen and oxygen atoms in total. The van der Waals surface area contributed by atoms with Crippen molar-refractivity contribution >= 4 is 15.9 Å². The second kappa shape index (κ2) is 9.46. The SMILES string of the molecule is CCCOCCC(NN)c1c(Br)cnn1CCN(C)C. The second-order valence-electron chi connectivity index (χ2n) is 5.02. The Morgan fingerprint density at radius 3 is 2.85 bits per heavy atom. The maximum Gasteiger partial charge on any atom is 0.0710 e. The molecular weight excluding hydrogens is 322 g/mol. The minimum absolute atomic E-state index is 0.0332. The summed E-state index contributed by atoms with van der Waals surface area (Å²) in [6.45, 7) is 5.35. The molecule has 0 saturated carbocycles. The molecule has 0 fully saturated rings. The van der Waals surface area contributed by atoms with E-state index in [4.69, 9.17) is 10.6 Å². The molecule has 3 N–H and O–H groups in total. The third kappa shape index (κ3) is 5.49. The standard InChI is InChI=1S/C13H26BrN5O/c1-4-8-20-9-5-12(17-15)13-11(14)10-16-19(13)7-6-18(2)3/h10,12,17H,4-9,15H2,1-3H3. The van der Waals surface area contributed by atoms with Crippen LogP contribution >= 0.6 is 15.9 Å². The van der Waals surface area contributed by atoms with Crippen molar-refractivity contribution in [1.29, 1.82) is 0 Å². The van der Waals surface area contributed by atoms with Crippen molar-refractivity contribution < 1.29 is 4.74 Å². The van der Waals surface area contributed by atoms with Crippen molar-refractivity contribution in [3.8, 4) is 0 Å². The molecule has 0 spiro atoms. The van der Waals surface area contributed by atoms with E-state index in [1.54, 1.807) is 0 Å². The zero-order chi connectivity index (χ0) is 15.0. The normalized spacial score (nSPS) is 13.1. The van der Waals surface area contributed by atoms with Gasteiger partial charge in [-0.1, -0.05) is 6.92 Å². The van der Waals surface area contributed by atoms with E-state index in [1.807, 2.05) is 10.9 Å². The van der Waals surface area contributed by atoms with Crippen LogP contribution in [-0.4, -0.2) is 48.5 Å². The highest BCUT2D eigenvalue weighted by atomic mass is 79.9. The highest BCUT2D eigenvalue weighted by Gasteiger charge is 2.19. The molecule has 0 aliphatic rings. The number of likely N-dealkylation sites (N-methyl/N-ethyl adjacent to an activating group) is 1. The monoisotopic (exact) mass is 347 g/mol. The Hall–Kier alpha value is -0.470. The van der Waals surface area contributed by atoms with Gasteiger partial charge in [-0.05, 0) is 42.9 Å². The minimum Gasteiger partial charge on any atom is -0.381 e. The van der Waals surface area contributed by atoms with Crippen molar-refractivity contribution in [2.75, 3.05) is 33.9 Å². The zero-order valence-corrected chi connectivity index (χ0v) is 14.2. The van der Waals surface area contributed by atoms with Crippen molar-refractivity contribution in [2.45, 2.75) is 32.4 Å². The molecule has 0 aliphatic carbocycles. The van der Waals surface area contributed by atoms with Crippen LogP contribution in [0, 0.1) is 0 Å². The van der Waals surface area contributed by atoms with Gasteiger partial charge in [0.2, 0.25) is 0 Å². The van der Waals surface area contributed by atoms with E-state index in [1.165, 1.54) is 0 Å². The Morgan fingerprint density at radius 2 is 2.25 bits per heavy atom. The third-order valence-electron chi connectivity index (χ3n) is 3.02. The fourth-order valence-electron chi connectivity index (χ4n) is 1.94. The van der Waals surface area contributed by atoms with Crippen LogP contribution in [0.4, 0.5) is 0 Å². The molecule has 0 aromatic carbocycles. The largest absolute Gasteiger partial charge is 0.381 e. The van der Waals surface area contributed by atoms with Crippen LogP contribution in [0.25, 0.3) is 0 Å². The van der Waals surface area contributed by atoms with Crippen molar-refractivity contribution in [3.05, 3.63) is 16.4 Å². The first kappa shape index (κ1) is 17.6. The van der Waals surface area contributed by atoms with Crippen molar-refractivity contribution in [1.82, 2.24) is 20.1 Å². The van der Waals surface area contributed by atoms with Crippen LogP contribution in [0.1, 0.15) is 31.5 Å². The number of nitrogens with two attached hydrogens (primary N) is 1. The summed E-state index contributed by atoms with van der Waals surface area (Å²) < 4.78 is 8.52. The van der Waals surface area contributed by atoms with E-state index in [0.29, 0.717) is 6.61 Å². The summed E-state index contributed by atoms with van der Waals surface area (Å²) in [7, 11) is 4.10. The van der Waals surface area contributed by atoms with Crippen molar-refractivity contribution in [3.63, 3.8) is 0 Å². The van der Waals surface area contributed by atoms with Crippen LogP contribution in [0.3, 0.4) is 0 Å². The van der Waals surface area contributed by atoms with E-state index in [2.05, 4.69) is 52.4 Å². The summed E-state index contributed by atoms with van der Waals surface area (Å²) in [6.07, 6.45) is 3.68. The van der Waals surface area contributed by atoms with Gasteiger partial charge in [-0.2, -0.15) is 5.10 Å². The van der Waals surface area contributed by atoms with Gasteiger partial charge in [0.1, 0.15) is 0 Å². The van der Waals surface area contributed by atoms with Gasteiger partial charge in [-0.3, -0.25) is 16.0 Å². The quantitative estimate of drug-likeness (QED) is 0.381. The van der Waals surface area contributed by atoms with Gasteiger partial charge in [0.15, 0.2) is 0 Å². The van der Waals surface area contributed by atoms with Gasteiger partial charge in [0, 0.05) is 19.8 Å². The molecule has 0 radical (unpaired) electrons. The molecule has 0 aliphatic heterocycles. The fourth-order valence-corrected chi connectivity index (χ4v) is 2.51. The topological polar surface area (TPSA) is 68.3 Å². The van der Waals surface area contributed by atoms with E-state index in [-0.39, 0.29) is 6.04 Å². The first-order chi connectivity index (χ1) is 9.60. The molecule has 1 atom stereocenters. The Balaban J connectivity index is 2.67. The van der Waals surface area contributed by atoms with Crippen LogP contribution in [0.2, 0.25) is 0 Å². The fraction of sp³-hybridized carbons (Fsp3) is 0.769. The highest BCUT2D eigenvalue weighted by molar-refractivity contribution is 9.10. The Morgan fingerprint density at radius 1 is 1.50 bits per heavy atom. The maximum atomic E-state index is 5.69. The molecule has 7 heteroatoms. The lowest BCUT2D eigenvalue weighted by atomic mass is 10.1. The third-order valence-corrected chi connectivity index (χ3v) is 3.63. The summed E-state index contributed by atoms with van der Waals surface area (Å²) in [5.74, 6) is 5.69. The Bertz CT molecular complexity index is 383. The lowest BCUT2D eigenvalue weighted by Gasteiger charge is -2.19. The minimum atomic E-state index is 0.0332. The first-order valence-electron chi connectivity index (χ1n) is 7.00. The molecule has 1 heterocycles. The van der Waals surface area contributed by atoms with E-state index < -0.39 is 0 Å². The van der Waals surface area contributed by atoms with Crippen molar-refractivity contribution in [2.24, 2.45) is 5.84 Å². The number of nitrogens with one attached hydrogen (secondary N) is 1. The smallest absolute Gasteiger partial charge is 0.0710 e. The number of hydrogen-bond acceptors (Lipinski definition) is 5. The number of halogens is 1. The second-order valence-corrected chi connectivity index (χ2v) is 5.88. The van der Waals surface area contributed by atoms with Gasteiger partial charge >= 0.3 is 0 Å². The number of nitrogens with zero attached hydrogens (tertiary/aromatic N) is 3. The Kier molecular flexibility index (Phi) is 8.32. The lowest BCUT2D eigenvalue weighted by molar-refractivity contribution is 0.123. The summed E-state index contributed by atoms with van der Waals surface area (Å²) in [5, 5.41) is 4.41. The van der Waals surface area contributed by atoms with E-state index in [0.717, 1.165) is 42.7 Å². The summed E-state index contributed by atoms with van der Waals surface area (Å²) in [4.78, 5) is 2.13. The molecule has 0 bridgehead atoms. The van der Waals surface area contributed by atoms with Crippen LogP contribution in [0.15, 0.2) is 10.7 Å². The molecule has 116 valence electrons. The van der Waals surface area contributed by atoms with E-state index >= 15 is 0 Å². The van der Waals surface area contributed by atoms with Gasteiger partial charge in [-0.15, -0.1) is 0 Å². The maximum absolute atomic E-state index is 5.69. The summed E-state index contributed by atoms with van der Waals surface area (Å²) in [6, 6.07) is 0.0332. The number of aromatic nitrogens is 2. The van der Waals surface area contributed by atoms with Gasteiger partial charge in [0.05, 0.1) is 29.0 Å². The highest BCUT2D eigenvalue weighted by Crippen LogP contribution is 2.25. The molecular formula is C13H26BrN5O. The first-order valence-corrected chi connectivity index (χ1v) is 7.79. The number of hydrazine groups is 1. The molecule has 1 unspecified atom stereocenters. The number of ether oxygens (including phenoxy) is 1. The molecule has 1 aromatic heterocycles. The van der Waals surface area contributed by atoms with Gasteiger partial charge in [0.25, 0.3) is 0 Å². The number of rotatable bonds is 10. The van der Waals surface area contributed by atoms with Crippen LogP contribution in [-0.2, 0) is 11.3 Å². The lowest BCUT2D eigenvalue weighted by Crippen LogP contribution is -2.32. The zero-order valence-electron chi connectivity index (χ0n) is 12.6. The van der Waals surface area contributed by atoms with E-state index in [9.17, 15) is 0 Å². The van der Waals surface area contributed by atoms with Gasteiger partial charge < -0.3 is 9.64 Å². The molecule has 0 amide bonds. The molecule has 1 aromatic rings. The van der Waals surface area contributed by atoms with Gasteiger partial charge in [-0.25, -0.2) is 0 Å². The average molecular weight is 348 g/mol. The van der Waals surface area contributed by atoms with Crippen LogP contribution in [0.5, 0.6) is 0 Å². The molecule has 0 saturated heterocycles.